The van der Waals surface area contributed by atoms with Crippen LogP contribution in [0, 0.1) is 12.8 Å². The monoisotopic (exact) mass is 279 g/mol. The topological polar surface area (TPSA) is 85.1 Å². The Morgan fingerprint density at radius 2 is 2.15 bits per heavy atom. The minimum Gasteiger partial charge on any atom is -0.381 e. The number of anilines is 2. The van der Waals surface area contributed by atoms with Crippen LogP contribution in [-0.2, 0) is 11.2 Å². The standard InChI is InChI=1S/C14H25N5O/c1-3-4-12-17-13(10(2)14(18-12)19-15)16-7-5-11-6-8-20-9-11/h11H,3-9,15H2,1-2H3,(H2,16,17,18,19). The lowest BCUT2D eigenvalue weighted by molar-refractivity contribution is 0.185. The Labute approximate surface area is 120 Å². The predicted molar refractivity (Wildman–Crippen MR) is 80.6 cm³/mol. The van der Waals surface area contributed by atoms with Gasteiger partial charge in [-0.05, 0) is 32.1 Å². The van der Waals surface area contributed by atoms with Crippen molar-refractivity contribution in [2.75, 3.05) is 30.5 Å². The molecule has 1 aliphatic heterocycles. The third kappa shape index (κ3) is 3.80. The second-order valence-electron chi connectivity index (χ2n) is 5.30. The first-order chi connectivity index (χ1) is 9.74. The normalized spacial score (nSPS) is 18.2. The SMILES string of the molecule is CCCc1nc(NN)c(C)c(NCCC2CCOC2)n1. The van der Waals surface area contributed by atoms with Crippen LogP contribution in [0.5, 0.6) is 0 Å². The number of nitrogens with one attached hydrogen (secondary N) is 2. The molecule has 20 heavy (non-hydrogen) atoms. The molecular formula is C14H25N5O. The van der Waals surface area contributed by atoms with E-state index in [1.54, 1.807) is 0 Å². The van der Waals surface area contributed by atoms with Crippen LogP contribution in [0.1, 0.15) is 37.6 Å². The molecule has 2 heterocycles. The van der Waals surface area contributed by atoms with Crippen LogP contribution in [0.4, 0.5) is 11.6 Å². The van der Waals surface area contributed by atoms with Crippen molar-refractivity contribution in [2.24, 2.45) is 11.8 Å². The molecule has 112 valence electrons. The first kappa shape index (κ1) is 15.0. The van der Waals surface area contributed by atoms with Crippen molar-refractivity contribution in [2.45, 2.75) is 39.5 Å². The fourth-order valence-corrected chi connectivity index (χ4v) is 2.42. The van der Waals surface area contributed by atoms with Gasteiger partial charge in [0.1, 0.15) is 17.5 Å². The summed E-state index contributed by atoms with van der Waals surface area (Å²) in [4.78, 5) is 9.01. The number of hydrazine groups is 1. The molecule has 0 radical (unpaired) electrons. The van der Waals surface area contributed by atoms with Crippen molar-refractivity contribution in [3.05, 3.63) is 11.4 Å². The average molecular weight is 279 g/mol. The van der Waals surface area contributed by atoms with Gasteiger partial charge < -0.3 is 15.5 Å². The molecule has 0 spiro atoms. The minimum absolute atomic E-state index is 0.673. The van der Waals surface area contributed by atoms with Crippen LogP contribution in [0.15, 0.2) is 0 Å². The molecule has 1 aromatic heterocycles. The van der Waals surface area contributed by atoms with E-state index >= 15 is 0 Å². The highest BCUT2D eigenvalue weighted by molar-refractivity contribution is 5.56. The molecule has 1 unspecified atom stereocenters. The van der Waals surface area contributed by atoms with Gasteiger partial charge in [-0.25, -0.2) is 15.8 Å². The van der Waals surface area contributed by atoms with Crippen LogP contribution < -0.4 is 16.6 Å². The summed E-state index contributed by atoms with van der Waals surface area (Å²) >= 11 is 0. The van der Waals surface area contributed by atoms with Gasteiger partial charge >= 0.3 is 0 Å². The molecule has 1 atom stereocenters. The van der Waals surface area contributed by atoms with Gasteiger partial charge in [-0.3, -0.25) is 0 Å². The van der Waals surface area contributed by atoms with Crippen molar-refractivity contribution in [3.63, 3.8) is 0 Å². The molecule has 0 aliphatic carbocycles. The van der Waals surface area contributed by atoms with Gasteiger partial charge in [0.05, 0.1) is 0 Å². The van der Waals surface area contributed by atoms with E-state index in [0.717, 1.165) is 56.2 Å². The summed E-state index contributed by atoms with van der Waals surface area (Å²) in [7, 11) is 0. The third-order valence-electron chi connectivity index (χ3n) is 3.67. The van der Waals surface area contributed by atoms with E-state index in [4.69, 9.17) is 10.6 Å². The lowest BCUT2D eigenvalue weighted by Crippen LogP contribution is -2.16. The number of ether oxygens (including phenoxy) is 1. The zero-order valence-corrected chi connectivity index (χ0v) is 12.4. The molecule has 0 amide bonds. The zero-order chi connectivity index (χ0) is 14.4. The zero-order valence-electron chi connectivity index (χ0n) is 12.4. The van der Waals surface area contributed by atoms with Crippen molar-refractivity contribution in [1.29, 1.82) is 0 Å². The van der Waals surface area contributed by atoms with Gasteiger partial charge in [0.25, 0.3) is 0 Å². The molecule has 1 aromatic rings. The Morgan fingerprint density at radius 1 is 1.35 bits per heavy atom. The Kier molecular flexibility index (Phi) is 5.55. The van der Waals surface area contributed by atoms with Gasteiger partial charge in [0.2, 0.25) is 0 Å². The van der Waals surface area contributed by atoms with E-state index in [2.05, 4.69) is 27.6 Å². The molecule has 6 heteroatoms. The summed E-state index contributed by atoms with van der Waals surface area (Å²) in [6.07, 6.45) is 4.16. The van der Waals surface area contributed by atoms with E-state index in [1.165, 1.54) is 6.42 Å². The van der Waals surface area contributed by atoms with Gasteiger partial charge in [-0.1, -0.05) is 6.92 Å². The molecule has 1 aliphatic rings. The van der Waals surface area contributed by atoms with Gasteiger partial charge in [0, 0.05) is 31.7 Å². The van der Waals surface area contributed by atoms with E-state index in [9.17, 15) is 0 Å². The van der Waals surface area contributed by atoms with Crippen molar-refractivity contribution in [3.8, 4) is 0 Å². The van der Waals surface area contributed by atoms with E-state index < -0.39 is 0 Å². The molecule has 0 aromatic carbocycles. The number of aromatic nitrogens is 2. The summed E-state index contributed by atoms with van der Waals surface area (Å²) in [5.74, 6) is 8.62. The highest BCUT2D eigenvalue weighted by atomic mass is 16.5. The fourth-order valence-electron chi connectivity index (χ4n) is 2.42. The van der Waals surface area contributed by atoms with E-state index in [1.807, 2.05) is 6.92 Å². The fraction of sp³-hybridized carbons (Fsp3) is 0.714. The molecule has 0 bridgehead atoms. The Hall–Kier alpha value is -1.40. The molecule has 4 N–H and O–H groups in total. The van der Waals surface area contributed by atoms with Crippen LogP contribution in [0.3, 0.4) is 0 Å². The van der Waals surface area contributed by atoms with Gasteiger partial charge in [0.15, 0.2) is 0 Å². The quantitative estimate of drug-likeness (QED) is 0.522. The second-order valence-corrected chi connectivity index (χ2v) is 5.30. The molecule has 2 rings (SSSR count). The summed E-state index contributed by atoms with van der Waals surface area (Å²) in [6, 6.07) is 0. The van der Waals surface area contributed by atoms with Crippen LogP contribution in [0.25, 0.3) is 0 Å². The first-order valence-electron chi connectivity index (χ1n) is 7.40. The number of aryl methyl sites for hydroxylation is 1. The first-order valence-corrected chi connectivity index (χ1v) is 7.40. The summed E-state index contributed by atoms with van der Waals surface area (Å²) < 4.78 is 5.39. The number of rotatable bonds is 7. The highest BCUT2D eigenvalue weighted by Crippen LogP contribution is 2.21. The van der Waals surface area contributed by atoms with Crippen molar-refractivity contribution in [1.82, 2.24) is 9.97 Å². The smallest absolute Gasteiger partial charge is 0.148 e. The molecule has 1 saturated heterocycles. The number of nitrogens with zero attached hydrogens (tertiary/aromatic N) is 2. The number of nitrogens with two attached hydrogens (primary N) is 1. The maximum atomic E-state index is 5.53. The maximum absolute atomic E-state index is 5.53. The number of hydrogen-bond acceptors (Lipinski definition) is 6. The van der Waals surface area contributed by atoms with Crippen LogP contribution in [0.2, 0.25) is 0 Å². The van der Waals surface area contributed by atoms with Crippen LogP contribution in [-0.4, -0.2) is 29.7 Å². The van der Waals surface area contributed by atoms with Crippen LogP contribution >= 0.6 is 0 Å². The molecule has 1 fully saturated rings. The molecule has 6 nitrogen and oxygen atoms in total. The molecular weight excluding hydrogens is 254 g/mol. The minimum atomic E-state index is 0.673. The van der Waals surface area contributed by atoms with Gasteiger partial charge in [-0.15, -0.1) is 0 Å². The predicted octanol–water partition coefficient (Wildman–Crippen LogP) is 1.86. The highest BCUT2D eigenvalue weighted by Gasteiger charge is 2.15. The number of hydrogen-bond donors (Lipinski definition) is 3. The van der Waals surface area contributed by atoms with Crippen molar-refractivity contribution >= 4 is 11.6 Å². The van der Waals surface area contributed by atoms with E-state index in [-0.39, 0.29) is 0 Å². The second kappa shape index (κ2) is 7.40. The molecule has 0 saturated carbocycles. The van der Waals surface area contributed by atoms with E-state index in [0.29, 0.717) is 11.7 Å². The summed E-state index contributed by atoms with van der Waals surface area (Å²) in [5, 5.41) is 3.41. The average Bonchev–Trinajstić information content (AvgIpc) is 2.95. The third-order valence-corrected chi connectivity index (χ3v) is 3.67. The largest absolute Gasteiger partial charge is 0.381 e. The maximum Gasteiger partial charge on any atom is 0.148 e. The lowest BCUT2D eigenvalue weighted by Gasteiger charge is -2.14. The van der Waals surface area contributed by atoms with Crippen molar-refractivity contribution < 1.29 is 4.74 Å². The Balaban J connectivity index is 1.98. The summed E-state index contributed by atoms with van der Waals surface area (Å²) in [5.41, 5.74) is 3.62. The number of nitrogen functional groups attached to an aromatic ring is 1. The Bertz CT molecular complexity index is 432. The summed E-state index contributed by atoms with van der Waals surface area (Å²) in [6.45, 7) is 6.79. The van der Waals surface area contributed by atoms with Gasteiger partial charge in [-0.2, -0.15) is 0 Å². The lowest BCUT2D eigenvalue weighted by atomic mass is 10.1. The Morgan fingerprint density at radius 3 is 2.80 bits per heavy atom.